The molecule has 1 aromatic rings. The second kappa shape index (κ2) is 4.74. The van der Waals surface area contributed by atoms with Gasteiger partial charge in [-0.1, -0.05) is 13.3 Å². The maximum Gasteiger partial charge on any atom is 0.217 e. The van der Waals surface area contributed by atoms with Crippen molar-refractivity contribution in [2.45, 2.75) is 32.7 Å². The molecule has 0 aliphatic rings. The number of hydrogen-bond acceptors (Lipinski definition) is 3. The second-order valence-electron chi connectivity index (χ2n) is 3.06. The summed E-state index contributed by atoms with van der Waals surface area (Å²) < 4.78 is 12.6. The molecule has 72 valence electrons. The van der Waals surface area contributed by atoms with Gasteiger partial charge in [-0.05, 0) is 13.3 Å². The number of rotatable bonds is 4. The highest BCUT2D eigenvalue weighted by Crippen LogP contribution is 2.06. The molecule has 1 N–H and O–H groups in total. The van der Waals surface area contributed by atoms with Gasteiger partial charge < -0.3 is 5.32 Å². The number of nitrogens with one attached hydrogen (secondary N) is 1. The summed E-state index contributed by atoms with van der Waals surface area (Å²) in [5.41, 5.74) is 0. The fourth-order valence-electron chi connectivity index (χ4n) is 1.17. The lowest BCUT2D eigenvalue weighted by Crippen LogP contribution is -2.15. The first-order chi connectivity index (χ1) is 6.22. The molecule has 13 heavy (non-hydrogen) atoms. The van der Waals surface area contributed by atoms with E-state index in [0.29, 0.717) is 11.9 Å². The monoisotopic (exact) mass is 183 g/mol. The largest absolute Gasteiger partial charge is 0.367 e. The van der Waals surface area contributed by atoms with Crippen LogP contribution in [0.2, 0.25) is 0 Å². The van der Waals surface area contributed by atoms with E-state index in [9.17, 15) is 4.39 Å². The van der Waals surface area contributed by atoms with Crippen LogP contribution in [0.1, 0.15) is 26.7 Å². The quantitative estimate of drug-likeness (QED) is 0.727. The minimum absolute atomic E-state index is 0.319. The summed E-state index contributed by atoms with van der Waals surface area (Å²) in [6.45, 7) is 4.16. The third-order valence-corrected chi connectivity index (χ3v) is 1.75. The first-order valence-corrected chi connectivity index (χ1v) is 4.46. The van der Waals surface area contributed by atoms with Crippen LogP contribution >= 0.6 is 0 Å². The first kappa shape index (κ1) is 9.89. The molecule has 1 rings (SSSR count). The van der Waals surface area contributed by atoms with Gasteiger partial charge in [0.25, 0.3) is 0 Å². The molecule has 1 unspecified atom stereocenters. The number of nitrogens with zero attached hydrogens (tertiary/aromatic N) is 2. The van der Waals surface area contributed by atoms with E-state index in [1.807, 2.05) is 6.92 Å². The van der Waals surface area contributed by atoms with Crippen LogP contribution in [-0.4, -0.2) is 16.0 Å². The lowest BCUT2D eigenvalue weighted by atomic mass is 10.2. The summed E-state index contributed by atoms with van der Waals surface area (Å²) in [6.07, 6.45) is 3.36. The fraction of sp³-hybridized carbons (Fsp3) is 0.556. The van der Waals surface area contributed by atoms with E-state index in [-0.39, 0.29) is 0 Å². The van der Waals surface area contributed by atoms with Gasteiger partial charge in [-0.25, -0.2) is 9.97 Å². The molecule has 0 aliphatic carbocycles. The van der Waals surface area contributed by atoms with Crippen molar-refractivity contribution in [1.29, 1.82) is 0 Å². The Labute approximate surface area is 77.4 Å². The topological polar surface area (TPSA) is 37.8 Å². The van der Waals surface area contributed by atoms with E-state index in [0.717, 1.165) is 12.8 Å². The molecule has 0 saturated carbocycles. The molecule has 0 bridgehead atoms. The summed E-state index contributed by atoms with van der Waals surface area (Å²) in [5, 5.41) is 3.09. The van der Waals surface area contributed by atoms with Crippen molar-refractivity contribution in [3.63, 3.8) is 0 Å². The third kappa shape index (κ3) is 3.36. The first-order valence-electron chi connectivity index (χ1n) is 4.46. The highest BCUT2D eigenvalue weighted by molar-refractivity contribution is 5.33. The Bertz CT molecular complexity index is 265. The lowest BCUT2D eigenvalue weighted by Gasteiger charge is -2.12. The minimum atomic E-state index is -0.499. The Hall–Kier alpha value is -1.19. The zero-order chi connectivity index (χ0) is 9.68. The van der Waals surface area contributed by atoms with Gasteiger partial charge in [0.15, 0.2) is 0 Å². The highest BCUT2D eigenvalue weighted by atomic mass is 19.1. The second-order valence-corrected chi connectivity index (χ2v) is 3.06. The van der Waals surface area contributed by atoms with Crippen molar-refractivity contribution >= 4 is 5.82 Å². The summed E-state index contributed by atoms with van der Waals surface area (Å²) in [7, 11) is 0. The summed E-state index contributed by atoms with van der Waals surface area (Å²) in [4.78, 5) is 7.27. The van der Waals surface area contributed by atoms with Crippen LogP contribution in [0.5, 0.6) is 0 Å². The van der Waals surface area contributed by atoms with E-state index in [1.54, 1.807) is 0 Å². The molecule has 0 spiro atoms. The molecule has 1 atom stereocenters. The Morgan fingerprint density at radius 1 is 1.54 bits per heavy atom. The van der Waals surface area contributed by atoms with E-state index in [4.69, 9.17) is 0 Å². The van der Waals surface area contributed by atoms with Crippen molar-refractivity contribution in [3.8, 4) is 0 Å². The van der Waals surface area contributed by atoms with Gasteiger partial charge in [-0.3, -0.25) is 0 Å². The molecule has 0 fully saturated rings. The Morgan fingerprint density at radius 3 is 2.92 bits per heavy atom. The van der Waals surface area contributed by atoms with Gasteiger partial charge in [0.05, 0.1) is 0 Å². The fourth-order valence-corrected chi connectivity index (χ4v) is 1.17. The molecule has 1 heterocycles. The Kier molecular flexibility index (Phi) is 3.61. The van der Waals surface area contributed by atoms with Gasteiger partial charge in [-0.2, -0.15) is 4.39 Å². The number of halogens is 1. The van der Waals surface area contributed by atoms with Crippen LogP contribution in [0.4, 0.5) is 10.2 Å². The standard InChI is InChI=1S/C9H14FN3/c1-3-4-7(2)13-9-5-8(10)11-6-12-9/h5-7H,3-4H2,1-2H3,(H,11,12,13). The highest BCUT2D eigenvalue weighted by Gasteiger charge is 2.02. The van der Waals surface area contributed by atoms with Crippen LogP contribution in [0.3, 0.4) is 0 Å². The van der Waals surface area contributed by atoms with Crippen LogP contribution < -0.4 is 5.32 Å². The predicted octanol–water partition coefficient (Wildman–Crippen LogP) is 2.22. The molecular weight excluding hydrogens is 169 g/mol. The zero-order valence-corrected chi connectivity index (χ0v) is 7.92. The smallest absolute Gasteiger partial charge is 0.217 e. The lowest BCUT2D eigenvalue weighted by molar-refractivity contribution is 0.579. The van der Waals surface area contributed by atoms with Crippen molar-refractivity contribution in [2.24, 2.45) is 0 Å². The van der Waals surface area contributed by atoms with Gasteiger partial charge in [0.1, 0.15) is 12.1 Å². The molecular formula is C9H14FN3. The average molecular weight is 183 g/mol. The zero-order valence-electron chi connectivity index (χ0n) is 7.92. The maximum atomic E-state index is 12.6. The molecule has 0 aliphatic heterocycles. The van der Waals surface area contributed by atoms with Crippen molar-refractivity contribution < 1.29 is 4.39 Å². The van der Waals surface area contributed by atoms with E-state index in [2.05, 4.69) is 22.2 Å². The molecule has 3 nitrogen and oxygen atoms in total. The van der Waals surface area contributed by atoms with Gasteiger partial charge >= 0.3 is 0 Å². The SMILES string of the molecule is CCCC(C)Nc1cc(F)ncn1. The summed E-state index contributed by atoms with van der Waals surface area (Å²) in [6, 6.07) is 1.62. The number of anilines is 1. The van der Waals surface area contributed by atoms with Gasteiger partial charge in [-0.15, -0.1) is 0 Å². The molecule has 4 heteroatoms. The number of hydrogen-bond donors (Lipinski definition) is 1. The average Bonchev–Trinajstić information content (AvgIpc) is 2.04. The minimum Gasteiger partial charge on any atom is -0.367 e. The van der Waals surface area contributed by atoms with Crippen molar-refractivity contribution in [2.75, 3.05) is 5.32 Å². The molecule has 0 amide bonds. The maximum absolute atomic E-state index is 12.6. The molecule has 0 saturated heterocycles. The summed E-state index contributed by atoms with van der Waals surface area (Å²) >= 11 is 0. The van der Waals surface area contributed by atoms with Crippen molar-refractivity contribution in [1.82, 2.24) is 9.97 Å². The third-order valence-electron chi connectivity index (χ3n) is 1.75. The van der Waals surface area contributed by atoms with Gasteiger partial charge in [0.2, 0.25) is 5.95 Å². The normalized spacial score (nSPS) is 12.5. The van der Waals surface area contributed by atoms with Crippen molar-refractivity contribution in [3.05, 3.63) is 18.3 Å². The van der Waals surface area contributed by atoms with E-state index < -0.39 is 5.95 Å². The Balaban J connectivity index is 2.53. The van der Waals surface area contributed by atoms with Crippen LogP contribution in [0, 0.1) is 5.95 Å². The predicted molar refractivity (Wildman–Crippen MR) is 50.0 cm³/mol. The van der Waals surface area contributed by atoms with E-state index in [1.165, 1.54) is 12.4 Å². The van der Waals surface area contributed by atoms with Crippen LogP contribution in [0.15, 0.2) is 12.4 Å². The molecule has 0 radical (unpaired) electrons. The van der Waals surface area contributed by atoms with Gasteiger partial charge in [0, 0.05) is 12.1 Å². The van der Waals surface area contributed by atoms with Crippen LogP contribution in [0.25, 0.3) is 0 Å². The number of aromatic nitrogens is 2. The molecule has 0 aromatic carbocycles. The molecule has 1 aromatic heterocycles. The summed E-state index contributed by atoms with van der Waals surface area (Å²) in [5.74, 6) is 0.0506. The van der Waals surface area contributed by atoms with Crippen LogP contribution in [-0.2, 0) is 0 Å². The van der Waals surface area contributed by atoms with E-state index >= 15 is 0 Å². The Morgan fingerprint density at radius 2 is 2.31 bits per heavy atom.